The number of benzene rings is 3. The Hall–Kier alpha value is -2.73. The van der Waals surface area contributed by atoms with Gasteiger partial charge in [0.2, 0.25) is 0 Å². The first kappa shape index (κ1) is 23.4. The topological polar surface area (TPSA) is 61.8 Å². The maximum atomic E-state index is 12.8. The summed E-state index contributed by atoms with van der Waals surface area (Å²) in [5.41, 5.74) is 2.72. The van der Waals surface area contributed by atoms with Crippen LogP contribution in [0, 0.1) is 5.92 Å². The average Bonchev–Trinajstić information content (AvgIpc) is 2.83. The molecule has 0 spiro atoms. The second-order valence-corrected chi connectivity index (χ2v) is 9.06. The molecule has 0 aromatic heterocycles. The van der Waals surface area contributed by atoms with Gasteiger partial charge in [0.15, 0.2) is 0 Å². The molecular weight excluding hydrogens is 459 g/mol. The summed E-state index contributed by atoms with van der Waals surface area (Å²) in [7, 11) is 0. The first-order valence-corrected chi connectivity index (χ1v) is 11.7. The standard InChI is InChI=1S/C26H26Cl2N2O3/c27-20-9-11-22(12-10-20)29-25(19-7-4-8-21(28)15-19)23-16-30(14-13-24(23)31)26(32)33-17-18-5-2-1-3-6-18/h1-12,15,23-25,29,31H,13-14,16-17H2/t23-,24+,25-/m1/s1. The monoisotopic (exact) mass is 484 g/mol. The van der Waals surface area contributed by atoms with E-state index in [1.165, 1.54) is 0 Å². The Morgan fingerprint density at radius 3 is 2.52 bits per heavy atom. The van der Waals surface area contributed by atoms with Crippen molar-refractivity contribution in [2.45, 2.75) is 25.2 Å². The van der Waals surface area contributed by atoms with Gasteiger partial charge in [0, 0.05) is 34.7 Å². The molecule has 2 N–H and O–H groups in total. The molecule has 3 atom stereocenters. The van der Waals surface area contributed by atoms with Crippen LogP contribution in [0.1, 0.15) is 23.6 Å². The molecule has 172 valence electrons. The molecule has 0 saturated carbocycles. The van der Waals surface area contributed by atoms with Gasteiger partial charge in [0.1, 0.15) is 6.61 Å². The number of nitrogens with zero attached hydrogens (tertiary/aromatic N) is 1. The molecule has 1 aliphatic rings. The molecular formula is C26H26Cl2N2O3. The Balaban J connectivity index is 1.52. The van der Waals surface area contributed by atoms with Crippen LogP contribution >= 0.6 is 23.2 Å². The molecule has 33 heavy (non-hydrogen) atoms. The molecule has 1 aliphatic heterocycles. The van der Waals surface area contributed by atoms with Gasteiger partial charge in [-0.15, -0.1) is 0 Å². The number of nitrogens with one attached hydrogen (secondary N) is 1. The van der Waals surface area contributed by atoms with E-state index in [1.807, 2.05) is 78.9 Å². The highest BCUT2D eigenvalue weighted by molar-refractivity contribution is 6.30. The number of hydrogen-bond donors (Lipinski definition) is 2. The van der Waals surface area contributed by atoms with Gasteiger partial charge in [-0.2, -0.15) is 0 Å². The van der Waals surface area contributed by atoms with Crippen molar-refractivity contribution in [3.05, 3.63) is 100 Å². The molecule has 1 heterocycles. The van der Waals surface area contributed by atoms with Crippen molar-refractivity contribution < 1.29 is 14.6 Å². The number of rotatable bonds is 6. The highest BCUT2D eigenvalue weighted by Crippen LogP contribution is 2.34. The number of aliphatic hydroxyl groups is 1. The molecule has 0 aliphatic carbocycles. The molecule has 0 bridgehead atoms. The third kappa shape index (κ3) is 6.20. The van der Waals surface area contributed by atoms with Gasteiger partial charge >= 0.3 is 6.09 Å². The van der Waals surface area contributed by atoms with Crippen molar-refractivity contribution in [3.8, 4) is 0 Å². The number of amides is 1. The van der Waals surface area contributed by atoms with E-state index < -0.39 is 6.10 Å². The van der Waals surface area contributed by atoms with Crippen molar-refractivity contribution in [3.63, 3.8) is 0 Å². The van der Waals surface area contributed by atoms with E-state index in [4.69, 9.17) is 27.9 Å². The summed E-state index contributed by atoms with van der Waals surface area (Å²) >= 11 is 12.3. The van der Waals surface area contributed by atoms with E-state index in [2.05, 4.69) is 5.32 Å². The van der Waals surface area contributed by atoms with Crippen LogP contribution in [-0.2, 0) is 11.3 Å². The van der Waals surface area contributed by atoms with Crippen molar-refractivity contribution in [1.82, 2.24) is 4.90 Å². The summed E-state index contributed by atoms with van der Waals surface area (Å²) in [6, 6.07) is 24.3. The quantitative estimate of drug-likeness (QED) is 0.439. The summed E-state index contributed by atoms with van der Waals surface area (Å²) in [5.74, 6) is -0.267. The molecule has 1 saturated heterocycles. The van der Waals surface area contributed by atoms with E-state index in [0.717, 1.165) is 16.8 Å². The smallest absolute Gasteiger partial charge is 0.410 e. The molecule has 1 amide bonds. The number of carbonyl (C=O) groups is 1. The Morgan fingerprint density at radius 1 is 1.03 bits per heavy atom. The van der Waals surface area contributed by atoms with Gasteiger partial charge in [-0.05, 0) is 53.9 Å². The van der Waals surface area contributed by atoms with Gasteiger partial charge < -0.3 is 20.1 Å². The zero-order valence-corrected chi connectivity index (χ0v) is 19.5. The predicted molar refractivity (Wildman–Crippen MR) is 132 cm³/mol. The molecule has 7 heteroatoms. The fraction of sp³-hybridized carbons (Fsp3) is 0.269. The second kappa shape index (κ2) is 10.9. The van der Waals surface area contributed by atoms with Crippen LogP contribution in [0.4, 0.5) is 10.5 Å². The first-order chi connectivity index (χ1) is 16.0. The van der Waals surface area contributed by atoms with Crippen LogP contribution in [0.2, 0.25) is 10.0 Å². The molecule has 0 radical (unpaired) electrons. The van der Waals surface area contributed by atoms with Crippen molar-refractivity contribution in [2.24, 2.45) is 5.92 Å². The minimum atomic E-state index is -0.591. The highest BCUT2D eigenvalue weighted by atomic mass is 35.5. The molecule has 3 aromatic rings. The van der Waals surface area contributed by atoms with E-state index in [1.54, 1.807) is 4.90 Å². The average molecular weight is 485 g/mol. The Kier molecular flexibility index (Phi) is 7.76. The Bertz CT molecular complexity index is 1060. The molecule has 0 unspecified atom stereocenters. The summed E-state index contributed by atoms with van der Waals surface area (Å²) in [6.07, 6.45) is -0.510. The number of aliphatic hydroxyl groups excluding tert-OH is 1. The molecule has 1 fully saturated rings. The lowest BCUT2D eigenvalue weighted by molar-refractivity contribution is 0.0117. The zero-order valence-electron chi connectivity index (χ0n) is 18.0. The van der Waals surface area contributed by atoms with Gasteiger partial charge in [-0.1, -0.05) is 65.7 Å². The van der Waals surface area contributed by atoms with Gasteiger partial charge in [0.25, 0.3) is 0 Å². The number of anilines is 1. The Labute approximate surface area is 203 Å². The molecule has 3 aromatic carbocycles. The van der Waals surface area contributed by atoms with E-state index in [0.29, 0.717) is 29.6 Å². The SMILES string of the molecule is O=C(OCc1ccccc1)N1CC[C@H](O)[C@H]([C@H](Nc2ccc(Cl)cc2)c2cccc(Cl)c2)C1. The largest absolute Gasteiger partial charge is 0.445 e. The zero-order chi connectivity index (χ0) is 23.2. The van der Waals surface area contributed by atoms with E-state index >= 15 is 0 Å². The maximum absolute atomic E-state index is 12.8. The number of halogens is 2. The van der Waals surface area contributed by atoms with Crippen LogP contribution in [0.3, 0.4) is 0 Å². The first-order valence-electron chi connectivity index (χ1n) is 10.9. The lowest BCUT2D eigenvalue weighted by atomic mass is 9.84. The van der Waals surface area contributed by atoms with Crippen LogP contribution in [0.15, 0.2) is 78.9 Å². The maximum Gasteiger partial charge on any atom is 0.410 e. The lowest BCUT2D eigenvalue weighted by Crippen LogP contribution is -2.49. The summed E-state index contributed by atoms with van der Waals surface area (Å²) in [6.45, 7) is 1.01. The second-order valence-electron chi connectivity index (χ2n) is 8.19. The lowest BCUT2D eigenvalue weighted by Gasteiger charge is -2.40. The minimum absolute atomic E-state index is 0.212. The predicted octanol–water partition coefficient (Wildman–Crippen LogP) is 6.17. The van der Waals surface area contributed by atoms with Gasteiger partial charge in [-0.25, -0.2) is 4.79 Å². The fourth-order valence-electron chi connectivity index (χ4n) is 4.14. The summed E-state index contributed by atoms with van der Waals surface area (Å²) in [4.78, 5) is 14.5. The molecule has 4 rings (SSSR count). The summed E-state index contributed by atoms with van der Waals surface area (Å²) < 4.78 is 5.54. The Morgan fingerprint density at radius 2 is 1.79 bits per heavy atom. The number of piperidine rings is 1. The van der Waals surface area contributed by atoms with Gasteiger partial charge in [0.05, 0.1) is 12.1 Å². The third-order valence-corrected chi connectivity index (χ3v) is 6.37. The van der Waals surface area contributed by atoms with Crippen molar-refractivity contribution in [2.75, 3.05) is 18.4 Å². The van der Waals surface area contributed by atoms with Gasteiger partial charge in [-0.3, -0.25) is 0 Å². The number of hydrogen-bond acceptors (Lipinski definition) is 4. The van der Waals surface area contributed by atoms with Crippen LogP contribution in [0.5, 0.6) is 0 Å². The normalized spacial score (nSPS) is 19.1. The number of likely N-dealkylation sites (tertiary alicyclic amines) is 1. The molecule has 5 nitrogen and oxygen atoms in total. The van der Waals surface area contributed by atoms with E-state index in [9.17, 15) is 9.90 Å². The number of carbonyl (C=O) groups excluding carboxylic acids is 1. The summed E-state index contributed by atoms with van der Waals surface area (Å²) in [5, 5.41) is 15.7. The van der Waals surface area contributed by atoms with Crippen molar-refractivity contribution in [1.29, 1.82) is 0 Å². The highest BCUT2D eigenvalue weighted by Gasteiger charge is 2.37. The number of ether oxygens (including phenoxy) is 1. The third-order valence-electron chi connectivity index (χ3n) is 5.89. The van der Waals surface area contributed by atoms with Crippen LogP contribution in [-0.4, -0.2) is 35.3 Å². The van der Waals surface area contributed by atoms with Crippen LogP contribution in [0.25, 0.3) is 0 Å². The van der Waals surface area contributed by atoms with Crippen molar-refractivity contribution >= 4 is 35.0 Å². The minimum Gasteiger partial charge on any atom is -0.445 e. The van der Waals surface area contributed by atoms with Crippen LogP contribution < -0.4 is 5.32 Å². The van der Waals surface area contributed by atoms with E-state index in [-0.39, 0.29) is 24.7 Å². The fourth-order valence-corrected chi connectivity index (χ4v) is 4.46.